The van der Waals surface area contributed by atoms with Crippen molar-refractivity contribution in [3.05, 3.63) is 77.7 Å². The van der Waals surface area contributed by atoms with Gasteiger partial charge in [-0.1, -0.05) is 49.4 Å². The normalized spacial score (nSPS) is 12.6. The Labute approximate surface area is 160 Å². The molecule has 3 rings (SSSR count). The molecule has 0 fully saturated rings. The highest BCUT2D eigenvalue weighted by atomic mass is 16.3. The third-order valence-electron chi connectivity index (χ3n) is 4.47. The monoisotopic (exact) mass is 362 g/mol. The minimum absolute atomic E-state index is 0.152. The molecule has 0 spiro atoms. The minimum Gasteiger partial charge on any atom is -0.444 e. The van der Waals surface area contributed by atoms with Crippen LogP contribution in [0.3, 0.4) is 0 Å². The second kappa shape index (κ2) is 9.03. The van der Waals surface area contributed by atoms with E-state index in [0.29, 0.717) is 12.4 Å². The number of hydrogen-bond acceptors (Lipinski definition) is 3. The summed E-state index contributed by atoms with van der Waals surface area (Å²) >= 11 is 0. The van der Waals surface area contributed by atoms with Gasteiger partial charge in [-0.05, 0) is 36.6 Å². The van der Waals surface area contributed by atoms with Crippen molar-refractivity contribution in [3.63, 3.8) is 0 Å². The van der Waals surface area contributed by atoms with E-state index < -0.39 is 0 Å². The highest BCUT2D eigenvalue weighted by Gasteiger charge is 2.10. The van der Waals surface area contributed by atoms with Crippen LogP contribution in [-0.4, -0.2) is 18.0 Å². The van der Waals surface area contributed by atoms with Crippen molar-refractivity contribution >= 4 is 5.96 Å². The van der Waals surface area contributed by atoms with Gasteiger partial charge in [-0.2, -0.15) is 0 Å². The summed E-state index contributed by atoms with van der Waals surface area (Å²) in [6.45, 7) is 4.82. The van der Waals surface area contributed by atoms with Crippen molar-refractivity contribution in [3.8, 4) is 11.5 Å². The lowest BCUT2D eigenvalue weighted by Crippen LogP contribution is -2.38. The van der Waals surface area contributed by atoms with Crippen molar-refractivity contribution in [2.24, 2.45) is 4.99 Å². The molecule has 1 atom stereocenters. The van der Waals surface area contributed by atoms with Crippen LogP contribution in [0, 0.1) is 0 Å². The molecule has 1 unspecified atom stereocenters. The number of benzene rings is 2. The Hall–Kier alpha value is -3.08. The van der Waals surface area contributed by atoms with Crippen LogP contribution in [0.1, 0.15) is 36.7 Å². The minimum atomic E-state index is 0.152. The Morgan fingerprint density at radius 2 is 1.85 bits per heavy atom. The maximum absolute atomic E-state index is 5.58. The summed E-state index contributed by atoms with van der Waals surface area (Å²) < 4.78 is 5.58. The molecule has 0 radical (unpaired) electrons. The van der Waals surface area contributed by atoms with Crippen molar-refractivity contribution in [1.82, 2.24) is 15.6 Å². The van der Waals surface area contributed by atoms with Crippen molar-refractivity contribution in [2.75, 3.05) is 7.05 Å². The number of rotatable bonds is 6. The summed E-state index contributed by atoms with van der Waals surface area (Å²) in [7, 11) is 1.76. The van der Waals surface area contributed by atoms with Crippen LogP contribution >= 0.6 is 0 Å². The molecule has 1 aromatic heterocycles. The van der Waals surface area contributed by atoms with Gasteiger partial charge in [0.2, 0.25) is 5.89 Å². The number of nitrogens with one attached hydrogen (secondary N) is 2. The van der Waals surface area contributed by atoms with E-state index in [1.165, 1.54) is 11.1 Å². The first-order chi connectivity index (χ1) is 13.2. The standard InChI is InChI=1S/C22H26N4O/c1-4-17-10-12-18(13-11-17)16(2)25-22(23-3)24-14-20-15-27-21(26-20)19-8-6-5-7-9-19/h5-13,15-16H,4,14H2,1-3H3,(H2,23,24,25). The molecule has 0 aliphatic carbocycles. The molecule has 0 saturated heterocycles. The lowest BCUT2D eigenvalue weighted by atomic mass is 10.1. The van der Waals surface area contributed by atoms with Crippen molar-refractivity contribution in [2.45, 2.75) is 32.9 Å². The second-order valence-electron chi connectivity index (χ2n) is 6.40. The highest BCUT2D eigenvalue weighted by molar-refractivity contribution is 5.80. The maximum atomic E-state index is 5.58. The molecule has 0 aliphatic heterocycles. The van der Waals surface area contributed by atoms with Gasteiger partial charge in [-0.3, -0.25) is 4.99 Å². The van der Waals surface area contributed by atoms with E-state index in [2.05, 4.69) is 58.7 Å². The maximum Gasteiger partial charge on any atom is 0.226 e. The van der Waals surface area contributed by atoms with Crippen LogP contribution in [0.5, 0.6) is 0 Å². The van der Waals surface area contributed by atoms with Gasteiger partial charge >= 0.3 is 0 Å². The van der Waals surface area contributed by atoms with Gasteiger partial charge in [-0.25, -0.2) is 4.98 Å². The SMILES string of the molecule is CCc1ccc(C(C)NC(=NC)NCc2coc(-c3ccccc3)n2)cc1. The zero-order chi connectivity index (χ0) is 19.1. The van der Waals surface area contributed by atoms with Crippen LogP contribution in [0.15, 0.2) is 70.3 Å². The number of nitrogens with zero attached hydrogens (tertiary/aromatic N) is 2. The van der Waals surface area contributed by atoms with Crippen molar-refractivity contribution < 1.29 is 4.42 Å². The Morgan fingerprint density at radius 1 is 1.11 bits per heavy atom. The Kier molecular flexibility index (Phi) is 6.26. The summed E-state index contributed by atoms with van der Waals surface area (Å²) in [5.74, 6) is 1.35. The fourth-order valence-corrected chi connectivity index (χ4v) is 2.80. The van der Waals surface area contributed by atoms with Crippen molar-refractivity contribution in [1.29, 1.82) is 0 Å². The largest absolute Gasteiger partial charge is 0.444 e. The molecule has 140 valence electrons. The number of guanidine groups is 1. The van der Waals surface area contributed by atoms with Gasteiger partial charge in [0.25, 0.3) is 0 Å². The topological polar surface area (TPSA) is 62.5 Å². The quantitative estimate of drug-likeness (QED) is 0.506. The van der Waals surface area contributed by atoms with E-state index in [4.69, 9.17) is 4.42 Å². The molecule has 5 heteroatoms. The Morgan fingerprint density at radius 3 is 2.52 bits per heavy atom. The van der Waals surface area contributed by atoms with Gasteiger partial charge in [0, 0.05) is 12.6 Å². The first-order valence-corrected chi connectivity index (χ1v) is 9.25. The fourth-order valence-electron chi connectivity index (χ4n) is 2.80. The average Bonchev–Trinajstić information content (AvgIpc) is 3.20. The molecular weight excluding hydrogens is 336 g/mol. The lowest BCUT2D eigenvalue weighted by molar-refractivity contribution is 0.572. The van der Waals surface area contributed by atoms with Gasteiger partial charge in [0.1, 0.15) is 6.26 Å². The average molecular weight is 362 g/mol. The zero-order valence-corrected chi connectivity index (χ0v) is 16.1. The fraction of sp³-hybridized carbons (Fsp3) is 0.273. The van der Waals surface area contributed by atoms with Gasteiger partial charge in [0.05, 0.1) is 18.3 Å². The van der Waals surface area contributed by atoms with Crippen LogP contribution in [-0.2, 0) is 13.0 Å². The van der Waals surface area contributed by atoms with E-state index in [9.17, 15) is 0 Å². The molecule has 0 aliphatic rings. The number of aromatic nitrogens is 1. The van der Waals surface area contributed by atoms with Crippen LogP contribution in [0.2, 0.25) is 0 Å². The Bertz CT molecular complexity index is 869. The predicted octanol–water partition coefficient (Wildman–Crippen LogP) is 4.33. The molecule has 1 heterocycles. The van der Waals surface area contributed by atoms with E-state index >= 15 is 0 Å². The summed E-state index contributed by atoms with van der Waals surface area (Å²) in [5.41, 5.74) is 4.36. The van der Waals surface area contributed by atoms with E-state index in [1.807, 2.05) is 30.3 Å². The highest BCUT2D eigenvalue weighted by Crippen LogP contribution is 2.18. The molecule has 5 nitrogen and oxygen atoms in total. The first-order valence-electron chi connectivity index (χ1n) is 9.25. The third-order valence-corrected chi connectivity index (χ3v) is 4.47. The molecule has 0 saturated carbocycles. The number of aryl methyl sites for hydroxylation is 1. The van der Waals surface area contributed by atoms with Crippen LogP contribution < -0.4 is 10.6 Å². The smallest absolute Gasteiger partial charge is 0.226 e. The van der Waals surface area contributed by atoms with Gasteiger partial charge in [-0.15, -0.1) is 0 Å². The number of hydrogen-bond donors (Lipinski definition) is 2. The second-order valence-corrected chi connectivity index (χ2v) is 6.40. The van der Waals surface area contributed by atoms with Gasteiger partial charge in [0.15, 0.2) is 5.96 Å². The summed E-state index contributed by atoms with van der Waals surface area (Å²) in [6, 6.07) is 18.7. The third kappa shape index (κ3) is 4.97. The molecule has 2 aromatic carbocycles. The van der Waals surface area contributed by atoms with Crippen LogP contribution in [0.25, 0.3) is 11.5 Å². The van der Waals surface area contributed by atoms with E-state index in [1.54, 1.807) is 13.3 Å². The molecule has 27 heavy (non-hydrogen) atoms. The predicted molar refractivity (Wildman–Crippen MR) is 110 cm³/mol. The summed E-state index contributed by atoms with van der Waals surface area (Å²) in [6.07, 6.45) is 2.73. The van der Waals surface area contributed by atoms with Crippen LogP contribution in [0.4, 0.5) is 0 Å². The van der Waals surface area contributed by atoms with E-state index in [-0.39, 0.29) is 6.04 Å². The Balaban J connectivity index is 1.57. The van der Waals surface area contributed by atoms with Gasteiger partial charge < -0.3 is 15.1 Å². The molecule has 2 N–H and O–H groups in total. The molecule has 0 amide bonds. The number of aliphatic imine (C=N–C) groups is 1. The lowest BCUT2D eigenvalue weighted by Gasteiger charge is -2.18. The number of oxazole rings is 1. The molecular formula is C22H26N4O. The molecule has 3 aromatic rings. The van der Waals surface area contributed by atoms with E-state index in [0.717, 1.165) is 23.6 Å². The first kappa shape index (κ1) is 18.7. The zero-order valence-electron chi connectivity index (χ0n) is 16.1. The summed E-state index contributed by atoms with van der Waals surface area (Å²) in [4.78, 5) is 8.83. The summed E-state index contributed by atoms with van der Waals surface area (Å²) in [5, 5.41) is 6.70. The molecule has 0 bridgehead atoms.